The van der Waals surface area contributed by atoms with E-state index in [0.717, 1.165) is 16.3 Å². The topological polar surface area (TPSA) is 103 Å². The molecule has 0 atom stereocenters. The average molecular weight is 310 g/mol. The molecule has 6 heteroatoms. The largest absolute Gasteiger partial charge is 0.477 e. The number of rotatable bonds is 4. The van der Waals surface area contributed by atoms with Gasteiger partial charge in [0.1, 0.15) is 5.69 Å². The second-order valence-corrected chi connectivity index (χ2v) is 5.25. The third kappa shape index (κ3) is 3.06. The summed E-state index contributed by atoms with van der Waals surface area (Å²) >= 11 is 0. The van der Waals surface area contributed by atoms with Gasteiger partial charge in [-0.3, -0.25) is 9.78 Å². The zero-order valence-corrected chi connectivity index (χ0v) is 12.1. The fourth-order valence-electron chi connectivity index (χ4n) is 2.60. The number of aromatic amines is 2. The van der Waals surface area contributed by atoms with Crippen LogP contribution in [0, 0.1) is 0 Å². The van der Waals surface area contributed by atoms with Crippen molar-refractivity contribution in [3.05, 3.63) is 80.1 Å². The highest BCUT2D eigenvalue weighted by Gasteiger charge is 2.15. The number of fused-ring (bicyclic) bond motifs is 1. The van der Waals surface area contributed by atoms with Gasteiger partial charge in [0, 0.05) is 5.56 Å². The molecule has 0 amide bonds. The first kappa shape index (κ1) is 14.8. The third-order valence-corrected chi connectivity index (χ3v) is 3.73. The summed E-state index contributed by atoms with van der Waals surface area (Å²) in [6.07, 6.45) is 0.728. The number of carboxylic acid groups (broad SMARTS) is 1. The minimum absolute atomic E-state index is 0.0743. The van der Waals surface area contributed by atoms with E-state index in [1.165, 1.54) is 0 Å². The summed E-state index contributed by atoms with van der Waals surface area (Å²) in [4.78, 5) is 38.5. The van der Waals surface area contributed by atoms with E-state index in [1.54, 1.807) is 0 Å². The van der Waals surface area contributed by atoms with E-state index in [9.17, 15) is 14.4 Å². The number of H-pyrrole nitrogens is 2. The van der Waals surface area contributed by atoms with E-state index in [4.69, 9.17) is 5.11 Å². The number of aromatic carboxylic acids is 1. The Kier molecular flexibility index (Phi) is 3.80. The molecule has 0 aliphatic carbocycles. The highest BCUT2D eigenvalue weighted by atomic mass is 16.4. The van der Waals surface area contributed by atoms with Crippen LogP contribution in [0.1, 0.15) is 21.6 Å². The molecule has 6 nitrogen and oxygen atoms in total. The van der Waals surface area contributed by atoms with Crippen LogP contribution in [0.25, 0.3) is 10.8 Å². The Bertz CT molecular complexity index is 1000. The molecule has 0 aliphatic heterocycles. The SMILES string of the molecule is O=C(O)c1[nH]c(=O)[nH]c(=O)c1CCc1ccc2ccccc2c1. The van der Waals surface area contributed by atoms with Crippen molar-refractivity contribution in [2.24, 2.45) is 0 Å². The second-order valence-electron chi connectivity index (χ2n) is 5.25. The molecule has 3 aromatic rings. The smallest absolute Gasteiger partial charge is 0.352 e. The molecule has 1 aromatic heterocycles. The standard InChI is InChI=1S/C17H14N2O4/c20-15-13(14(16(21)22)18-17(23)19-15)8-6-10-5-7-11-3-1-2-4-12(11)9-10/h1-5,7,9H,6,8H2,(H,21,22)(H2,18,19,20,23). The Morgan fingerprint density at radius 1 is 0.957 bits per heavy atom. The van der Waals surface area contributed by atoms with Crippen LogP contribution in [0.4, 0.5) is 0 Å². The zero-order chi connectivity index (χ0) is 16.4. The molecule has 1 heterocycles. The van der Waals surface area contributed by atoms with Gasteiger partial charge in [0.15, 0.2) is 0 Å². The first-order valence-corrected chi connectivity index (χ1v) is 7.11. The van der Waals surface area contributed by atoms with Gasteiger partial charge >= 0.3 is 11.7 Å². The fraction of sp³-hybridized carbons (Fsp3) is 0.118. The Balaban J connectivity index is 1.92. The molecule has 0 spiro atoms. The van der Waals surface area contributed by atoms with E-state index in [2.05, 4.69) is 9.97 Å². The van der Waals surface area contributed by atoms with Crippen molar-refractivity contribution in [1.82, 2.24) is 9.97 Å². The predicted molar refractivity (Wildman–Crippen MR) is 86.0 cm³/mol. The molecule has 0 saturated heterocycles. The van der Waals surface area contributed by atoms with Crippen molar-refractivity contribution in [2.75, 3.05) is 0 Å². The highest BCUT2D eigenvalue weighted by Crippen LogP contribution is 2.17. The van der Waals surface area contributed by atoms with Gasteiger partial charge in [0.2, 0.25) is 0 Å². The molecule has 3 rings (SSSR count). The lowest BCUT2D eigenvalue weighted by Gasteiger charge is -2.06. The molecule has 0 fully saturated rings. The van der Waals surface area contributed by atoms with Crippen molar-refractivity contribution >= 4 is 16.7 Å². The summed E-state index contributed by atoms with van der Waals surface area (Å²) in [7, 11) is 0. The minimum Gasteiger partial charge on any atom is -0.477 e. The maximum absolute atomic E-state index is 11.9. The molecule has 3 N–H and O–H groups in total. The van der Waals surface area contributed by atoms with Gasteiger partial charge in [-0.15, -0.1) is 0 Å². The quantitative estimate of drug-likeness (QED) is 0.682. The van der Waals surface area contributed by atoms with Crippen molar-refractivity contribution in [2.45, 2.75) is 12.8 Å². The van der Waals surface area contributed by atoms with Crippen molar-refractivity contribution in [3.8, 4) is 0 Å². The molecule has 116 valence electrons. The summed E-state index contributed by atoms with van der Waals surface area (Å²) in [5.74, 6) is -1.32. The molecule has 23 heavy (non-hydrogen) atoms. The number of carboxylic acids is 1. The maximum Gasteiger partial charge on any atom is 0.352 e. The van der Waals surface area contributed by atoms with Gasteiger partial charge in [0.25, 0.3) is 5.56 Å². The predicted octanol–water partition coefficient (Wildman–Crippen LogP) is 1.70. The number of hydrogen-bond acceptors (Lipinski definition) is 3. The molecule has 0 unspecified atom stereocenters. The van der Waals surface area contributed by atoms with Gasteiger partial charge in [-0.1, -0.05) is 42.5 Å². The van der Waals surface area contributed by atoms with Crippen LogP contribution in [0.3, 0.4) is 0 Å². The molecule has 0 radical (unpaired) electrons. The maximum atomic E-state index is 11.9. The van der Waals surface area contributed by atoms with Crippen LogP contribution >= 0.6 is 0 Å². The second kappa shape index (κ2) is 5.92. The van der Waals surface area contributed by atoms with E-state index in [-0.39, 0.29) is 17.7 Å². The first-order valence-electron chi connectivity index (χ1n) is 7.11. The van der Waals surface area contributed by atoms with Crippen molar-refractivity contribution in [3.63, 3.8) is 0 Å². The third-order valence-electron chi connectivity index (χ3n) is 3.73. The van der Waals surface area contributed by atoms with Crippen LogP contribution in [0.2, 0.25) is 0 Å². The van der Waals surface area contributed by atoms with Gasteiger partial charge in [-0.25, -0.2) is 9.59 Å². The van der Waals surface area contributed by atoms with Crippen LogP contribution < -0.4 is 11.2 Å². The molecular weight excluding hydrogens is 296 g/mol. The van der Waals surface area contributed by atoms with Gasteiger partial charge < -0.3 is 10.1 Å². The molecule has 0 bridgehead atoms. The summed E-state index contributed by atoms with van der Waals surface area (Å²) in [6.45, 7) is 0. The summed E-state index contributed by atoms with van der Waals surface area (Å²) < 4.78 is 0. The zero-order valence-electron chi connectivity index (χ0n) is 12.1. The Hall–Kier alpha value is -3.15. The first-order chi connectivity index (χ1) is 11.0. The summed E-state index contributed by atoms with van der Waals surface area (Å²) in [5, 5.41) is 11.3. The van der Waals surface area contributed by atoms with E-state index < -0.39 is 17.2 Å². The van der Waals surface area contributed by atoms with E-state index in [0.29, 0.717) is 6.42 Å². The number of hydrogen-bond donors (Lipinski definition) is 3. The Morgan fingerprint density at radius 3 is 2.43 bits per heavy atom. The van der Waals surface area contributed by atoms with Gasteiger partial charge in [-0.05, 0) is 29.2 Å². The number of carbonyl (C=O) groups is 1. The average Bonchev–Trinajstić information content (AvgIpc) is 2.53. The number of nitrogens with one attached hydrogen (secondary N) is 2. The van der Waals surface area contributed by atoms with Crippen molar-refractivity contribution in [1.29, 1.82) is 0 Å². The fourth-order valence-corrected chi connectivity index (χ4v) is 2.60. The number of aromatic nitrogens is 2. The number of aryl methyl sites for hydroxylation is 1. The lowest BCUT2D eigenvalue weighted by Crippen LogP contribution is -2.30. The summed E-state index contributed by atoms with van der Waals surface area (Å²) in [6, 6.07) is 13.9. The highest BCUT2D eigenvalue weighted by molar-refractivity contribution is 5.86. The lowest BCUT2D eigenvalue weighted by atomic mass is 10.0. The van der Waals surface area contributed by atoms with E-state index in [1.807, 2.05) is 42.5 Å². The van der Waals surface area contributed by atoms with Gasteiger partial charge in [-0.2, -0.15) is 0 Å². The molecular formula is C17H14N2O4. The van der Waals surface area contributed by atoms with Crippen LogP contribution in [-0.2, 0) is 12.8 Å². The number of benzene rings is 2. The monoisotopic (exact) mass is 310 g/mol. The normalized spacial score (nSPS) is 10.8. The molecule has 0 saturated carbocycles. The lowest BCUT2D eigenvalue weighted by molar-refractivity contribution is 0.0688. The van der Waals surface area contributed by atoms with Crippen LogP contribution in [-0.4, -0.2) is 21.0 Å². The van der Waals surface area contributed by atoms with Crippen LogP contribution in [0.5, 0.6) is 0 Å². The van der Waals surface area contributed by atoms with E-state index >= 15 is 0 Å². The Labute approximate surface area is 130 Å². The van der Waals surface area contributed by atoms with Gasteiger partial charge in [0.05, 0.1) is 0 Å². The summed E-state index contributed by atoms with van der Waals surface area (Å²) in [5.41, 5.74) is -0.760. The molecule has 0 aliphatic rings. The van der Waals surface area contributed by atoms with Crippen molar-refractivity contribution < 1.29 is 9.90 Å². The Morgan fingerprint density at radius 2 is 1.70 bits per heavy atom. The van der Waals surface area contributed by atoms with Crippen LogP contribution in [0.15, 0.2) is 52.1 Å². The molecule has 2 aromatic carbocycles. The minimum atomic E-state index is -1.32.